The molecule has 8 nitrogen and oxygen atoms in total. The van der Waals surface area contributed by atoms with Crippen molar-refractivity contribution in [1.29, 1.82) is 0 Å². The number of aliphatic imine (C=N–C) groups is 1. The van der Waals surface area contributed by atoms with Crippen LogP contribution in [0.25, 0.3) is 0 Å². The van der Waals surface area contributed by atoms with Gasteiger partial charge in [0.05, 0.1) is 5.71 Å². The molecular weight excluding hydrogens is 437 g/mol. The van der Waals surface area contributed by atoms with Crippen LogP contribution in [-0.4, -0.2) is 43.6 Å². The van der Waals surface area contributed by atoms with Crippen LogP contribution >= 0.6 is 0 Å². The minimum Gasteiger partial charge on any atom is -0.339 e. The number of hydrogen-bond donors (Lipinski definition) is 2. The quantitative estimate of drug-likeness (QED) is 0.702. The zero-order valence-electron chi connectivity index (χ0n) is 19.2. The number of halogens is 1. The zero-order chi connectivity index (χ0) is 24.2. The van der Waals surface area contributed by atoms with Crippen LogP contribution in [0, 0.1) is 5.92 Å². The Labute approximate surface area is 197 Å². The molecule has 0 unspecified atom stereocenters. The summed E-state index contributed by atoms with van der Waals surface area (Å²) in [7, 11) is 1.66. The van der Waals surface area contributed by atoms with Gasteiger partial charge in [0.15, 0.2) is 0 Å². The lowest BCUT2D eigenvalue weighted by Gasteiger charge is -2.28. The first-order valence-corrected chi connectivity index (χ1v) is 11.4. The second-order valence-corrected chi connectivity index (χ2v) is 8.73. The maximum Gasteiger partial charge on any atom is 0.270 e. The van der Waals surface area contributed by atoms with Gasteiger partial charge >= 0.3 is 0 Å². The molecule has 1 aromatic heterocycles. The number of hydroxylamine groups is 2. The molecule has 2 N–H and O–H groups in total. The number of amides is 2. The van der Waals surface area contributed by atoms with Gasteiger partial charge < -0.3 is 5.32 Å². The van der Waals surface area contributed by atoms with Gasteiger partial charge in [0, 0.05) is 37.3 Å². The second-order valence-electron chi connectivity index (χ2n) is 8.73. The molecule has 4 rings (SSSR count). The van der Waals surface area contributed by atoms with E-state index in [-0.39, 0.29) is 17.5 Å². The van der Waals surface area contributed by atoms with Gasteiger partial charge in [-0.1, -0.05) is 19.3 Å². The number of aromatic nitrogens is 2. The van der Waals surface area contributed by atoms with Crippen LogP contribution in [0.1, 0.15) is 49.5 Å². The van der Waals surface area contributed by atoms with Gasteiger partial charge in [0.2, 0.25) is 0 Å². The minimum atomic E-state index is -0.790. The molecule has 0 saturated heterocycles. The molecule has 1 saturated carbocycles. The highest BCUT2D eigenvalue weighted by atomic mass is 19.1. The molecule has 1 aromatic rings. The fourth-order valence-corrected chi connectivity index (χ4v) is 4.54. The third-order valence-electron chi connectivity index (χ3n) is 6.35. The molecule has 0 bridgehead atoms. The largest absolute Gasteiger partial charge is 0.339 e. The molecule has 2 amide bonds. The molecule has 0 aromatic carbocycles. The Bertz CT molecular complexity index is 1160. The Morgan fingerprint density at radius 1 is 1.21 bits per heavy atom. The van der Waals surface area contributed by atoms with Crippen molar-refractivity contribution in [3.63, 3.8) is 0 Å². The fourth-order valence-electron chi connectivity index (χ4n) is 4.54. The van der Waals surface area contributed by atoms with Gasteiger partial charge in [-0.15, -0.1) is 0 Å². The summed E-state index contributed by atoms with van der Waals surface area (Å²) in [6.07, 6.45) is 15.1. The van der Waals surface area contributed by atoms with Crippen LogP contribution in [0.5, 0.6) is 0 Å². The number of nitrogens with zero attached hydrogens (tertiary/aromatic N) is 4. The molecule has 2 aliphatic carbocycles. The Morgan fingerprint density at radius 3 is 2.62 bits per heavy atom. The third kappa shape index (κ3) is 5.14. The summed E-state index contributed by atoms with van der Waals surface area (Å²) >= 11 is 0. The number of carbonyl (C=O) groups is 2. The lowest BCUT2D eigenvalue weighted by atomic mass is 9.83. The van der Waals surface area contributed by atoms with Gasteiger partial charge in [0.25, 0.3) is 11.8 Å². The van der Waals surface area contributed by atoms with E-state index in [0.29, 0.717) is 22.4 Å². The maximum absolute atomic E-state index is 14.9. The molecule has 2 heterocycles. The summed E-state index contributed by atoms with van der Waals surface area (Å²) in [6, 6.07) is 0.800. The highest BCUT2D eigenvalue weighted by Crippen LogP contribution is 2.30. The predicted octanol–water partition coefficient (Wildman–Crippen LogP) is 3.91. The Balaban J connectivity index is 1.57. The van der Waals surface area contributed by atoms with Crippen LogP contribution in [0.15, 0.2) is 76.5 Å². The summed E-state index contributed by atoms with van der Waals surface area (Å²) < 4.78 is 16.4. The molecule has 34 heavy (non-hydrogen) atoms. The molecule has 0 spiro atoms. The van der Waals surface area contributed by atoms with Crippen molar-refractivity contribution in [1.82, 2.24) is 20.2 Å². The number of aryl methyl sites for hydroxylation is 1. The van der Waals surface area contributed by atoms with Crippen molar-refractivity contribution in [2.45, 2.75) is 45.1 Å². The van der Waals surface area contributed by atoms with Gasteiger partial charge in [-0.05, 0) is 61.1 Å². The second kappa shape index (κ2) is 10.1. The van der Waals surface area contributed by atoms with Crippen molar-refractivity contribution in [2.24, 2.45) is 18.0 Å². The van der Waals surface area contributed by atoms with E-state index in [4.69, 9.17) is 0 Å². The third-order valence-corrected chi connectivity index (χ3v) is 6.35. The van der Waals surface area contributed by atoms with E-state index in [1.807, 2.05) is 0 Å². The summed E-state index contributed by atoms with van der Waals surface area (Å²) in [5.41, 5.74) is 2.21. The van der Waals surface area contributed by atoms with E-state index in [0.717, 1.165) is 37.2 Å². The molecular formula is C25H28FN5O3. The first kappa shape index (κ1) is 23.6. The van der Waals surface area contributed by atoms with Crippen LogP contribution < -0.4 is 5.32 Å². The number of rotatable bonds is 4. The fraction of sp³-hybridized carbons (Fsp3) is 0.360. The Hall–Kier alpha value is -3.59. The van der Waals surface area contributed by atoms with Crippen molar-refractivity contribution in [3.8, 4) is 0 Å². The summed E-state index contributed by atoms with van der Waals surface area (Å²) in [5, 5.41) is 17.3. The lowest BCUT2D eigenvalue weighted by molar-refractivity contribution is -0.121. The number of allylic oxidation sites excluding steroid dienone is 8. The van der Waals surface area contributed by atoms with E-state index in [1.165, 1.54) is 29.4 Å². The normalized spacial score (nSPS) is 23.1. The number of hydrogen-bond acceptors (Lipinski definition) is 5. The lowest BCUT2D eigenvalue weighted by Crippen LogP contribution is -2.46. The van der Waals surface area contributed by atoms with Crippen LogP contribution in [0.2, 0.25) is 0 Å². The predicted molar refractivity (Wildman–Crippen MR) is 125 cm³/mol. The number of nitrogens with one attached hydrogen (secondary N) is 1. The van der Waals surface area contributed by atoms with Crippen LogP contribution in [0.3, 0.4) is 0 Å². The van der Waals surface area contributed by atoms with Crippen molar-refractivity contribution in [3.05, 3.63) is 77.2 Å². The van der Waals surface area contributed by atoms with Crippen molar-refractivity contribution >= 4 is 17.5 Å². The average Bonchev–Trinajstić information content (AvgIpc) is 3.24. The van der Waals surface area contributed by atoms with E-state index in [1.54, 1.807) is 38.3 Å². The molecule has 1 aliphatic heterocycles. The van der Waals surface area contributed by atoms with Crippen LogP contribution in [0.4, 0.5) is 4.39 Å². The Kier molecular flexibility index (Phi) is 7.02. The van der Waals surface area contributed by atoms with Crippen molar-refractivity contribution in [2.75, 3.05) is 0 Å². The average molecular weight is 466 g/mol. The van der Waals surface area contributed by atoms with E-state index in [2.05, 4.69) is 15.4 Å². The first-order valence-electron chi connectivity index (χ1n) is 11.4. The molecule has 178 valence electrons. The Morgan fingerprint density at radius 2 is 1.97 bits per heavy atom. The molecule has 1 atom stereocenters. The van der Waals surface area contributed by atoms with Gasteiger partial charge in [-0.2, -0.15) is 5.10 Å². The number of carbonyl (C=O) groups excluding carboxylic acids is 2. The van der Waals surface area contributed by atoms with Crippen LogP contribution in [-0.2, 0) is 11.8 Å². The van der Waals surface area contributed by atoms with Crippen molar-refractivity contribution < 1.29 is 19.2 Å². The van der Waals surface area contributed by atoms with E-state index in [9.17, 15) is 19.2 Å². The summed E-state index contributed by atoms with van der Waals surface area (Å²) in [4.78, 5) is 30.2. The molecule has 0 radical (unpaired) electrons. The zero-order valence-corrected chi connectivity index (χ0v) is 19.2. The molecule has 9 heteroatoms. The molecule has 1 fully saturated rings. The summed E-state index contributed by atoms with van der Waals surface area (Å²) in [6.45, 7) is 1.77. The standard InChI is InChI=1S/C25H28FN5O3/c1-16-15-31(34)13-11-19(16)20-9-8-18(14-21(20)26)28-25(33)23(17-6-4-3-5-7-17)29-24(32)22-10-12-27-30(22)2/h8-15,17,23,34H,3-7H2,1-2H3,(H,29,32)/b20-19-,28-18?/t23-/m0/s1. The topological polar surface area (TPSA) is 99.8 Å². The SMILES string of the molecule is CC1=CN(O)C=C/C1=C1\C=CC(=NC(=O)[C@@H](NC(=O)c2ccnn2C)C2CCCCC2)C=C1F. The monoisotopic (exact) mass is 465 g/mol. The van der Waals surface area contributed by atoms with E-state index >= 15 is 0 Å². The maximum atomic E-state index is 14.9. The smallest absolute Gasteiger partial charge is 0.270 e. The van der Waals surface area contributed by atoms with E-state index < -0.39 is 17.8 Å². The highest BCUT2D eigenvalue weighted by Gasteiger charge is 2.32. The van der Waals surface area contributed by atoms with Gasteiger partial charge in [-0.3, -0.25) is 19.5 Å². The highest BCUT2D eigenvalue weighted by molar-refractivity contribution is 6.12. The van der Waals surface area contributed by atoms with Gasteiger partial charge in [0.1, 0.15) is 17.6 Å². The summed E-state index contributed by atoms with van der Waals surface area (Å²) in [5.74, 6) is -1.43. The van der Waals surface area contributed by atoms with Gasteiger partial charge in [-0.25, -0.2) is 14.4 Å². The minimum absolute atomic E-state index is 0.0246. The first-order chi connectivity index (χ1) is 16.3. The molecule has 3 aliphatic rings.